The van der Waals surface area contributed by atoms with E-state index in [1.54, 1.807) is 12.3 Å². The van der Waals surface area contributed by atoms with Gasteiger partial charge >= 0.3 is 0 Å². The lowest BCUT2D eigenvalue weighted by Gasteiger charge is -2.04. The number of furan rings is 1. The second kappa shape index (κ2) is 6.62. The molecule has 0 unspecified atom stereocenters. The summed E-state index contributed by atoms with van der Waals surface area (Å²) < 4.78 is 7.24. The van der Waals surface area contributed by atoms with E-state index < -0.39 is 0 Å². The summed E-state index contributed by atoms with van der Waals surface area (Å²) in [6.45, 7) is 2.77. The van der Waals surface area contributed by atoms with E-state index in [9.17, 15) is 4.79 Å². The lowest BCUT2D eigenvalue weighted by atomic mass is 10.1. The molecule has 0 aliphatic rings. The van der Waals surface area contributed by atoms with Gasteiger partial charge in [-0.2, -0.15) is 0 Å². The summed E-state index contributed by atoms with van der Waals surface area (Å²) in [6, 6.07) is 5.49. The summed E-state index contributed by atoms with van der Waals surface area (Å²) in [5.74, 6) is 0.799. The molecule has 102 valence electrons. The first-order valence-corrected chi connectivity index (χ1v) is 7.13. The Morgan fingerprint density at radius 3 is 3.05 bits per heavy atom. The number of ketones is 1. The van der Waals surface area contributed by atoms with Crippen LogP contribution < -0.4 is 0 Å². The number of hydrogen-bond acceptors (Lipinski definition) is 2. The molecule has 3 nitrogen and oxygen atoms in total. The quantitative estimate of drug-likeness (QED) is 0.569. The third kappa shape index (κ3) is 3.29. The van der Waals surface area contributed by atoms with Crippen LogP contribution in [0.25, 0.3) is 0 Å². The fourth-order valence-corrected chi connectivity index (χ4v) is 2.22. The van der Waals surface area contributed by atoms with Crippen molar-refractivity contribution in [2.45, 2.75) is 32.7 Å². The highest BCUT2D eigenvalue weighted by Gasteiger charge is 2.16. The second-order valence-electron chi connectivity index (χ2n) is 4.53. The Morgan fingerprint density at radius 2 is 2.32 bits per heavy atom. The highest BCUT2D eigenvalue weighted by atomic mass is 35.5. The van der Waals surface area contributed by atoms with Gasteiger partial charge in [0.15, 0.2) is 5.76 Å². The van der Waals surface area contributed by atoms with Crippen molar-refractivity contribution in [3.8, 4) is 0 Å². The normalized spacial score (nSPS) is 10.8. The van der Waals surface area contributed by atoms with E-state index in [1.807, 2.05) is 22.9 Å². The smallest absolute Gasteiger partial charge is 0.244 e. The van der Waals surface area contributed by atoms with Crippen LogP contribution in [0, 0.1) is 0 Å². The maximum atomic E-state index is 12.3. The standard InChI is InChI=1S/C15H18ClNO2/c1-2-3-5-12-10-14(19-11-12)15(18)13-6-4-8-17(13)9-7-16/h4,6,8,10-11H,2-3,5,7,9H2,1H3. The van der Waals surface area contributed by atoms with Crippen molar-refractivity contribution < 1.29 is 9.21 Å². The van der Waals surface area contributed by atoms with Crippen LogP contribution in [0.15, 0.2) is 35.1 Å². The third-order valence-electron chi connectivity index (χ3n) is 3.08. The van der Waals surface area contributed by atoms with Crippen molar-refractivity contribution >= 4 is 17.4 Å². The number of nitrogens with zero attached hydrogens (tertiary/aromatic N) is 1. The Kier molecular flexibility index (Phi) is 4.86. The molecule has 4 heteroatoms. The maximum absolute atomic E-state index is 12.3. The van der Waals surface area contributed by atoms with Gasteiger partial charge in [-0.15, -0.1) is 11.6 Å². The van der Waals surface area contributed by atoms with Gasteiger partial charge < -0.3 is 8.98 Å². The van der Waals surface area contributed by atoms with E-state index in [0.29, 0.717) is 23.9 Å². The Balaban J connectivity index is 2.14. The highest BCUT2D eigenvalue weighted by molar-refractivity contribution is 6.17. The summed E-state index contributed by atoms with van der Waals surface area (Å²) in [5.41, 5.74) is 1.71. The Hall–Kier alpha value is -1.48. The Morgan fingerprint density at radius 1 is 1.47 bits per heavy atom. The molecule has 0 atom stereocenters. The van der Waals surface area contributed by atoms with Gasteiger partial charge in [0.2, 0.25) is 5.78 Å². The van der Waals surface area contributed by atoms with Crippen LogP contribution in [-0.4, -0.2) is 16.2 Å². The molecule has 2 heterocycles. The van der Waals surface area contributed by atoms with Crippen molar-refractivity contribution in [1.82, 2.24) is 4.57 Å². The number of carbonyl (C=O) groups excluding carboxylic acids is 1. The predicted molar refractivity (Wildman–Crippen MR) is 75.9 cm³/mol. The van der Waals surface area contributed by atoms with E-state index in [1.165, 1.54) is 0 Å². The molecular formula is C15H18ClNO2. The SMILES string of the molecule is CCCCc1coc(C(=O)c2cccn2CCCl)c1. The van der Waals surface area contributed by atoms with Crippen molar-refractivity contribution in [2.75, 3.05) is 5.88 Å². The molecule has 2 rings (SSSR count). The summed E-state index contributed by atoms with van der Waals surface area (Å²) in [6.07, 6.45) is 6.73. The first kappa shape index (κ1) is 13.9. The van der Waals surface area contributed by atoms with Gasteiger partial charge in [-0.05, 0) is 36.6 Å². The molecule has 0 spiro atoms. The topological polar surface area (TPSA) is 35.1 Å². The van der Waals surface area contributed by atoms with E-state index >= 15 is 0 Å². The van der Waals surface area contributed by atoms with Crippen LogP contribution in [0.2, 0.25) is 0 Å². The van der Waals surface area contributed by atoms with Crippen LogP contribution in [0.3, 0.4) is 0 Å². The minimum Gasteiger partial charge on any atom is -0.461 e. The van der Waals surface area contributed by atoms with Crippen LogP contribution in [0.5, 0.6) is 0 Å². The van der Waals surface area contributed by atoms with Crippen molar-refractivity contribution in [2.24, 2.45) is 0 Å². The van der Waals surface area contributed by atoms with Gasteiger partial charge in [0.05, 0.1) is 12.0 Å². The average Bonchev–Trinajstić information content (AvgIpc) is 3.05. The largest absolute Gasteiger partial charge is 0.461 e. The number of aryl methyl sites for hydroxylation is 2. The van der Waals surface area contributed by atoms with Gasteiger partial charge in [0.1, 0.15) is 0 Å². The van der Waals surface area contributed by atoms with E-state index in [-0.39, 0.29) is 5.78 Å². The molecule has 0 N–H and O–H groups in total. The second-order valence-corrected chi connectivity index (χ2v) is 4.91. The summed E-state index contributed by atoms with van der Waals surface area (Å²) >= 11 is 5.72. The molecule has 0 aromatic carbocycles. The first-order valence-electron chi connectivity index (χ1n) is 6.59. The van der Waals surface area contributed by atoms with Crippen LogP contribution >= 0.6 is 11.6 Å². The number of aromatic nitrogens is 1. The van der Waals surface area contributed by atoms with Gasteiger partial charge in [-0.3, -0.25) is 4.79 Å². The zero-order chi connectivity index (χ0) is 13.7. The number of hydrogen-bond donors (Lipinski definition) is 0. The van der Waals surface area contributed by atoms with Crippen molar-refractivity contribution in [3.05, 3.63) is 47.7 Å². The molecule has 0 fully saturated rings. The lowest BCUT2D eigenvalue weighted by molar-refractivity contribution is 0.100. The first-order chi connectivity index (χ1) is 9.26. The zero-order valence-corrected chi connectivity index (χ0v) is 11.8. The van der Waals surface area contributed by atoms with E-state index in [4.69, 9.17) is 16.0 Å². The van der Waals surface area contributed by atoms with Crippen LogP contribution in [-0.2, 0) is 13.0 Å². The summed E-state index contributed by atoms with van der Waals surface area (Å²) in [7, 11) is 0. The molecule has 0 radical (unpaired) electrons. The lowest BCUT2D eigenvalue weighted by Crippen LogP contribution is -2.09. The number of unbranched alkanes of at least 4 members (excludes halogenated alkanes) is 1. The summed E-state index contributed by atoms with van der Waals surface area (Å²) in [4.78, 5) is 12.3. The molecule has 0 bridgehead atoms. The number of carbonyl (C=O) groups is 1. The van der Waals surface area contributed by atoms with Gasteiger partial charge in [0.25, 0.3) is 0 Å². The van der Waals surface area contributed by atoms with Crippen LogP contribution in [0.4, 0.5) is 0 Å². The molecule has 2 aromatic heterocycles. The van der Waals surface area contributed by atoms with Crippen molar-refractivity contribution in [3.63, 3.8) is 0 Å². The van der Waals surface area contributed by atoms with Gasteiger partial charge in [-0.1, -0.05) is 13.3 Å². The molecule has 0 amide bonds. The fraction of sp³-hybridized carbons (Fsp3) is 0.400. The third-order valence-corrected chi connectivity index (χ3v) is 3.25. The summed E-state index contributed by atoms with van der Waals surface area (Å²) in [5, 5.41) is 0. The molecule has 2 aromatic rings. The highest BCUT2D eigenvalue weighted by Crippen LogP contribution is 2.16. The molecular weight excluding hydrogens is 262 g/mol. The van der Waals surface area contributed by atoms with E-state index in [2.05, 4.69) is 6.92 Å². The molecule has 0 saturated carbocycles. The average molecular weight is 280 g/mol. The monoisotopic (exact) mass is 279 g/mol. The Bertz CT molecular complexity index is 542. The fourth-order valence-electron chi connectivity index (χ4n) is 2.04. The molecule has 0 aliphatic carbocycles. The molecule has 0 saturated heterocycles. The van der Waals surface area contributed by atoms with Gasteiger partial charge in [-0.25, -0.2) is 0 Å². The minimum atomic E-state index is -0.0853. The molecule has 0 aliphatic heterocycles. The zero-order valence-electron chi connectivity index (χ0n) is 11.1. The number of alkyl halides is 1. The minimum absolute atomic E-state index is 0.0853. The van der Waals surface area contributed by atoms with Crippen LogP contribution in [0.1, 0.15) is 41.6 Å². The van der Waals surface area contributed by atoms with E-state index in [0.717, 1.165) is 24.8 Å². The molecule has 19 heavy (non-hydrogen) atoms. The number of halogens is 1. The maximum Gasteiger partial charge on any atom is 0.244 e. The van der Waals surface area contributed by atoms with Gasteiger partial charge in [0, 0.05) is 18.6 Å². The van der Waals surface area contributed by atoms with Crippen molar-refractivity contribution in [1.29, 1.82) is 0 Å². The number of rotatable bonds is 7. The predicted octanol–water partition coefficient (Wildman–Crippen LogP) is 3.89. The Labute approximate surface area is 118 Å².